The first-order chi connectivity index (χ1) is 8.86. The summed E-state index contributed by atoms with van der Waals surface area (Å²) in [7, 11) is 1.65. The average molecular weight is 240 g/mol. The molecule has 18 heavy (non-hydrogen) atoms. The Morgan fingerprint density at radius 3 is 2.78 bits per heavy atom. The third-order valence-electron chi connectivity index (χ3n) is 2.92. The first-order valence-corrected chi connectivity index (χ1v) is 5.96. The van der Waals surface area contributed by atoms with Crippen LogP contribution in [-0.2, 0) is 4.74 Å². The van der Waals surface area contributed by atoms with Crippen molar-refractivity contribution in [2.24, 2.45) is 0 Å². The van der Waals surface area contributed by atoms with E-state index >= 15 is 0 Å². The van der Waals surface area contributed by atoms with Crippen molar-refractivity contribution in [3.05, 3.63) is 48.0 Å². The van der Waals surface area contributed by atoms with Crippen molar-refractivity contribution in [2.75, 3.05) is 20.3 Å². The number of hydrogen-bond donors (Lipinski definition) is 1. The van der Waals surface area contributed by atoms with Gasteiger partial charge in [0.05, 0.1) is 12.7 Å². The Hall–Kier alpha value is -1.89. The topological polar surface area (TPSA) is 45.0 Å². The SMILES string of the molecule is COCCNC(C#N)c1cccc2ccccc12. The minimum atomic E-state index is -0.300. The molecule has 0 saturated heterocycles. The van der Waals surface area contributed by atoms with E-state index < -0.39 is 0 Å². The molecule has 1 unspecified atom stereocenters. The number of methoxy groups -OCH3 is 1. The number of fused-ring (bicyclic) bond motifs is 1. The summed E-state index contributed by atoms with van der Waals surface area (Å²) in [6, 6.07) is 16.2. The zero-order valence-corrected chi connectivity index (χ0v) is 10.4. The van der Waals surface area contributed by atoms with Crippen molar-refractivity contribution in [1.82, 2.24) is 5.32 Å². The number of ether oxygens (including phenoxy) is 1. The molecule has 0 saturated carbocycles. The Kier molecular flexibility index (Phi) is 4.30. The fourth-order valence-electron chi connectivity index (χ4n) is 2.03. The van der Waals surface area contributed by atoms with Gasteiger partial charge < -0.3 is 4.74 Å². The molecule has 1 N–H and O–H groups in total. The van der Waals surface area contributed by atoms with Crippen LogP contribution in [0.3, 0.4) is 0 Å². The quantitative estimate of drug-likeness (QED) is 0.817. The number of nitrogens with one attached hydrogen (secondary N) is 1. The predicted octanol–water partition coefficient (Wildman–Crippen LogP) is 2.64. The lowest BCUT2D eigenvalue weighted by Crippen LogP contribution is -2.24. The molecule has 0 aliphatic heterocycles. The summed E-state index contributed by atoms with van der Waals surface area (Å²) < 4.78 is 4.99. The maximum Gasteiger partial charge on any atom is 0.122 e. The number of hydrogen-bond acceptors (Lipinski definition) is 3. The molecule has 1 atom stereocenters. The highest BCUT2D eigenvalue weighted by molar-refractivity contribution is 5.86. The van der Waals surface area contributed by atoms with Crippen LogP contribution in [0.2, 0.25) is 0 Å². The van der Waals surface area contributed by atoms with E-state index in [1.165, 1.54) is 0 Å². The largest absolute Gasteiger partial charge is 0.383 e. The maximum atomic E-state index is 9.28. The van der Waals surface area contributed by atoms with Gasteiger partial charge in [-0.25, -0.2) is 0 Å². The zero-order chi connectivity index (χ0) is 12.8. The van der Waals surface area contributed by atoms with Gasteiger partial charge in [-0.1, -0.05) is 42.5 Å². The Labute approximate surface area is 107 Å². The van der Waals surface area contributed by atoms with Gasteiger partial charge in [-0.05, 0) is 16.3 Å². The molecule has 0 heterocycles. The van der Waals surface area contributed by atoms with Crippen LogP contribution in [0, 0.1) is 11.3 Å². The fourth-order valence-corrected chi connectivity index (χ4v) is 2.03. The summed E-state index contributed by atoms with van der Waals surface area (Å²) in [6.45, 7) is 1.26. The minimum Gasteiger partial charge on any atom is -0.383 e. The number of nitriles is 1. The molecule has 0 aliphatic carbocycles. The van der Waals surface area contributed by atoms with Crippen LogP contribution in [0.4, 0.5) is 0 Å². The van der Waals surface area contributed by atoms with Gasteiger partial charge >= 0.3 is 0 Å². The van der Waals surface area contributed by atoms with E-state index in [-0.39, 0.29) is 6.04 Å². The molecule has 0 aliphatic rings. The second-order valence-corrected chi connectivity index (χ2v) is 4.08. The third-order valence-corrected chi connectivity index (χ3v) is 2.92. The Bertz CT molecular complexity index is 554. The molecule has 0 fully saturated rings. The summed E-state index contributed by atoms with van der Waals surface area (Å²) in [5.41, 5.74) is 1.02. The first kappa shape index (κ1) is 12.6. The average Bonchev–Trinajstić information content (AvgIpc) is 2.43. The van der Waals surface area contributed by atoms with Crippen LogP contribution < -0.4 is 5.32 Å². The van der Waals surface area contributed by atoms with Crippen molar-refractivity contribution >= 4 is 10.8 Å². The number of rotatable bonds is 5. The monoisotopic (exact) mass is 240 g/mol. The van der Waals surface area contributed by atoms with Gasteiger partial charge in [0.25, 0.3) is 0 Å². The molecule has 0 amide bonds. The second-order valence-electron chi connectivity index (χ2n) is 4.08. The molecular formula is C15H16N2O. The molecule has 2 aromatic rings. The second kappa shape index (κ2) is 6.15. The summed E-state index contributed by atoms with van der Waals surface area (Å²) in [5, 5.41) is 14.8. The third kappa shape index (κ3) is 2.67. The van der Waals surface area contributed by atoms with Crippen LogP contribution in [0.15, 0.2) is 42.5 Å². The molecule has 92 valence electrons. The van der Waals surface area contributed by atoms with Crippen LogP contribution in [0.5, 0.6) is 0 Å². The van der Waals surface area contributed by atoms with Crippen molar-refractivity contribution in [2.45, 2.75) is 6.04 Å². The summed E-state index contributed by atoms with van der Waals surface area (Å²) in [5.74, 6) is 0. The molecule has 0 radical (unpaired) electrons. The molecule has 0 spiro atoms. The lowest BCUT2D eigenvalue weighted by atomic mass is 9.99. The van der Waals surface area contributed by atoms with Crippen LogP contribution in [-0.4, -0.2) is 20.3 Å². The first-order valence-electron chi connectivity index (χ1n) is 5.96. The van der Waals surface area contributed by atoms with Gasteiger partial charge in [-0.3, -0.25) is 5.32 Å². The van der Waals surface area contributed by atoms with Gasteiger partial charge in [0.1, 0.15) is 6.04 Å². The molecule has 3 nitrogen and oxygen atoms in total. The van der Waals surface area contributed by atoms with Gasteiger partial charge in [0, 0.05) is 13.7 Å². The van der Waals surface area contributed by atoms with E-state index in [0.29, 0.717) is 13.2 Å². The van der Waals surface area contributed by atoms with E-state index in [4.69, 9.17) is 4.74 Å². The highest BCUT2D eigenvalue weighted by atomic mass is 16.5. The van der Waals surface area contributed by atoms with E-state index in [9.17, 15) is 5.26 Å². The summed E-state index contributed by atoms with van der Waals surface area (Å²) in [6.07, 6.45) is 0. The zero-order valence-electron chi connectivity index (χ0n) is 10.4. The molecule has 0 bridgehead atoms. The lowest BCUT2D eigenvalue weighted by molar-refractivity contribution is 0.198. The van der Waals surface area contributed by atoms with E-state index in [2.05, 4.69) is 23.5 Å². The lowest BCUT2D eigenvalue weighted by Gasteiger charge is -2.14. The molecular weight excluding hydrogens is 224 g/mol. The molecule has 2 aromatic carbocycles. The van der Waals surface area contributed by atoms with Crippen molar-refractivity contribution in [1.29, 1.82) is 5.26 Å². The number of nitrogens with zero attached hydrogens (tertiary/aromatic N) is 1. The smallest absolute Gasteiger partial charge is 0.122 e. The van der Waals surface area contributed by atoms with Gasteiger partial charge in [-0.15, -0.1) is 0 Å². The van der Waals surface area contributed by atoms with Crippen LogP contribution in [0.1, 0.15) is 11.6 Å². The van der Waals surface area contributed by atoms with Crippen LogP contribution in [0.25, 0.3) is 10.8 Å². The Morgan fingerprint density at radius 1 is 1.22 bits per heavy atom. The number of benzene rings is 2. The predicted molar refractivity (Wildman–Crippen MR) is 72.2 cm³/mol. The Morgan fingerprint density at radius 2 is 2.00 bits per heavy atom. The summed E-state index contributed by atoms with van der Waals surface area (Å²) >= 11 is 0. The highest BCUT2D eigenvalue weighted by Gasteiger charge is 2.12. The fraction of sp³-hybridized carbons (Fsp3) is 0.267. The van der Waals surface area contributed by atoms with E-state index in [1.807, 2.05) is 30.3 Å². The van der Waals surface area contributed by atoms with Crippen molar-refractivity contribution < 1.29 is 4.74 Å². The van der Waals surface area contributed by atoms with Gasteiger partial charge in [-0.2, -0.15) is 5.26 Å². The van der Waals surface area contributed by atoms with Crippen LogP contribution >= 0.6 is 0 Å². The summed E-state index contributed by atoms with van der Waals surface area (Å²) in [4.78, 5) is 0. The highest BCUT2D eigenvalue weighted by Crippen LogP contribution is 2.23. The molecule has 3 heteroatoms. The minimum absolute atomic E-state index is 0.300. The van der Waals surface area contributed by atoms with Crippen molar-refractivity contribution in [3.8, 4) is 6.07 Å². The van der Waals surface area contributed by atoms with Gasteiger partial charge in [0.15, 0.2) is 0 Å². The van der Waals surface area contributed by atoms with E-state index in [0.717, 1.165) is 16.3 Å². The maximum absolute atomic E-state index is 9.28. The molecule has 0 aromatic heterocycles. The standard InChI is InChI=1S/C15H16N2O/c1-18-10-9-17-15(11-16)14-8-4-6-12-5-2-3-7-13(12)14/h2-8,15,17H,9-10H2,1H3. The molecule has 2 rings (SSSR count). The van der Waals surface area contributed by atoms with E-state index in [1.54, 1.807) is 7.11 Å². The van der Waals surface area contributed by atoms with Crippen molar-refractivity contribution in [3.63, 3.8) is 0 Å². The Balaban J connectivity index is 2.31. The normalized spacial score (nSPS) is 12.2. The van der Waals surface area contributed by atoms with Gasteiger partial charge in [0.2, 0.25) is 0 Å².